The number of hydrogen-bond donors (Lipinski definition) is 0. The molecule has 0 saturated carbocycles. The monoisotopic (exact) mass is 478 g/mol. The van der Waals surface area contributed by atoms with E-state index in [4.69, 9.17) is 39.9 Å². The van der Waals surface area contributed by atoms with Gasteiger partial charge in [-0.2, -0.15) is 5.10 Å². The number of halogens is 4. The molecule has 0 N–H and O–H groups in total. The number of hydrogen-bond acceptors (Lipinski definition) is 2. The fourth-order valence-electron chi connectivity index (χ4n) is 3.16. The molecule has 2 nitrogen and oxygen atoms in total. The van der Waals surface area contributed by atoms with Crippen LogP contribution in [0.3, 0.4) is 0 Å². The van der Waals surface area contributed by atoms with Gasteiger partial charge < -0.3 is 0 Å². The lowest BCUT2D eigenvalue weighted by Crippen LogP contribution is -2.18. The van der Waals surface area contributed by atoms with Gasteiger partial charge >= 0.3 is 0 Å². The standard InChI is InChI=1S/C21H14BrCl3N2/c22-15-8-4-14(5-9-15)20-12-18(13-6-10-16(23)11-7-13)26-27(20)19-3-1-2-17(24)21(19)25/h1-11,20H,12H2/t20-/m0/s1. The van der Waals surface area contributed by atoms with Crippen LogP contribution in [0.4, 0.5) is 5.69 Å². The van der Waals surface area contributed by atoms with Gasteiger partial charge in [-0.1, -0.05) is 81.1 Å². The van der Waals surface area contributed by atoms with Crippen molar-refractivity contribution in [2.24, 2.45) is 5.10 Å². The minimum Gasteiger partial charge on any atom is -0.256 e. The molecule has 0 unspecified atom stereocenters. The lowest BCUT2D eigenvalue weighted by Gasteiger charge is -2.25. The minimum atomic E-state index is 0.0275. The molecule has 4 rings (SSSR count). The van der Waals surface area contributed by atoms with Gasteiger partial charge in [-0.15, -0.1) is 0 Å². The van der Waals surface area contributed by atoms with Crippen molar-refractivity contribution in [3.63, 3.8) is 0 Å². The van der Waals surface area contributed by atoms with E-state index in [1.54, 1.807) is 6.07 Å². The zero-order chi connectivity index (χ0) is 19.0. The summed E-state index contributed by atoms with van der Waals surface area (Å²) in [5.41, 5.74) is 3.97. The van der Waals surface area contributed by atoms with Gasteiger partial charge in [0.2, 0.25) is 0 Å². The van der Waals surface area contributed by atoms with Crippen LogP contribution >= 0.6 is 50.7 Å². The Morgan fingerprint density at radius 2 is 1.59 bits per heavy atom. The van der Waals surface area contributed by atoms with E-state index in [0.29, 0.717) is 15.1 Å². The lowest BCUT2D eigenvalue weighted by molar-refractivity contribution is 0.709. The number of hydrazone groups is 1. The van der Waals surface area contributed by atoms with Crippen LogP contribution in [0.1, 0.15) is 23.6 Å². The number of anilines is 1. The van der Waals surface area contributed by atoms with Crippen molar-refractivity contribution in [1.82, 2.24) is 0 Å². The highest BCUT2D eigenvalue weighted by Gasteiger charge is 2.31. The molecule has 0 radical (unpaired) electrons. The quantitative estimate of drug-likeness (QED) is 0.374. The Hall–Kier alpha value is -1.52. The maximum Gasteiger partial charge on any atom is 0.0845 e. The summed E-state index contributed by atoms with van der Waals surface area (Å²) in [6, 6.07) is 21.6. The molecule has 6 heteroatoms. The highest BCUT2D eigenvalue weighted by atomic mass is 79.9. The van der Waals surface area contributed by atoms with Crippen LogP contribution in [0, 0.1) is 0 Å². The molecule has 1 aliphatic rings. The Morgan fingerprint density at radius 1 is 0.889 bits per heavy atom. The third-order valence-electron chi connectivity index (χ3n) is 4.52. The van der Waals surface area contributed by atoms with Crippen molar-refractivity contribution in [1.29, 1.82) is 0 Å². The van der Waals surface area contributed by atoms with Gasteiger partial charge in [-0.3, -0.25) is 5.01 Å². The summed E-state index contributed by atoms with van der Waals surface area (Å²) in [4.78, 5) is 0. The zero-order valence-corrected chi connectivity index (χ0v) is 17.9. The lowest BCUT2D eigenvalue weighted by atomic mass is 9.98. The first-order valence-corrected chi connectivity index (χ1v) is 10.3. The summed E-state index contributed by atoms with van der Waals surface area (Å²) in [7, 11) is 0. The highest BCUT2D eigenvalue weighted by Crippen LogP contribution is 2.42. The number of nitrogens with zero attached hydrogens (tertiary/aromatic N) is 2. The van der Waals surface area contributed by atoms with Crippen LogP contribution in [0.15, 0.2) is 76.3 Å². The SMILES string of the molecule is Clc1ccc(C2=NN(c3cccc(Cl)c3Cl)[C@H](c3ccc(Br)cc3)C2)cc1. The zero-order valence-electron chi connectivity index (χ0n) is 14.0. The molecule has 0 bridgehead atoms. The van der Waals surface area contributed by atoms with Crippen molar-refractivity contribution in [2.75, 3.05) is 5.01 Å². The van der Waals surface area contributed by atoms with E-state index in [0.717, 1.165) is 33.4 Å². The molecule has 27 heavy (non-hydrogen) atoms. The van der Waals surface area contributed by atoms with Crippen molar-refractivity contribution >= 4 is 62.1 Å². The van der Waals surface area contributed by atoms with E-state index in [9.17, 15) is 0 Å². The largest absolute Gasteiger partial charge is 0.256 e. The van der Waals surface area contributed by atoms with Gasteiger partial charge in [-0.25, -0.2) is 0 Å². The molecule has 1 atom stereocenters. The van der Waals surface area contributed by atoms with Crippen molar-refractivity contribution in [3.8, 4) is 0 Å². The van der Waals surface area contributed by atoms with E-state index in [2.05, 4.69) is 28.1 Å². The number of benzene rings is 3. The Bertz CT molecular complexity index is 1000. The first-order chi connectivity index (χ1) is 13.0. The first kappa shape index (κ1) is 18.8. The van der Waals surface area contributed by atoms with Gasteiger partial charge in [0.15, 0.2) is 0 Å². The van der Waals surface area contributed by atoms with Gasteiger partial charge in [0, 0.05) is 15.9 Å². The van der Waals surface area contributed by atoms with Gasteiger partial charge in [0.05, 0.1) is 27.5 Å². The molecular formula is C21H14BrCl3N2. The van der Waals surface area contributed by atoms with E-state index in [1.165, 1.54) is 0 Å². The molecule has 1 heterocycles. The highest BCUT2D eigenvalue weighted by molar-refractivity contribution is 9.10. The molecule has 1 aliphatic heterocycles. The van der Waals surface area contributed by atoms with Crippen molar-refractivity contribution < 1.29 is 0 Å². The van der Waals surface area contributed by atoms with Crippen LogP contribution in [0.5, 0.6) is 0 Å². The average Bonchev–Trinajstić information content (AvgIpc) is 3.10. The van der Waals surface area contributed by atoms with Gasteiger partial charge in [0.25, 0.3) is 0 Å². The summed E-state index contributed by atoms with van der Waals surface area (Å²) in [5.74, 6) is 0. The van der Waals surface area contributed by atoms with E-state index >= 15 is 0 Å². The predicted molar refractivity (Wildman–Crippen MR) is 118 cm³/mol. The summed E-state index contributed by atoms with van der Waals surface area (Å²) in [5, 5.41) is 8.57. The Labute approximate surface area is 181 Å². The van der Waals surface area contributed by atoms with Crippen LogP contribution in [0.2, 0.25) is 15.1 Å². The predicted octanol–water partition coefficient (Wildman–Crippen LogP) is 7.77. The average molecular weight is 481 g/mol. The second-order valence-electron chi connectivity index (χ2n) is 6.24. The topological polar surface area (TPSA) is 15.6 Å². The molecule has 3 aromatic rings. The fraction of sp³-hybridized carbons (Fsp3) is 0.0952. The van der Waals surface area contributed by atoms with Crippen LogP contribution in [-0.2, 0) is 0 Å². The Kier molecular flexibility index (Phi) is 5.47. The second-order valence-corrected chi connectivity index (χ2v) is 8.38. The molecular weight excluding hydrogens is 467 g/mol. The maximum absolute atomic E-state index is 6.50. The molecule has 0 saturated heterocycles. The van der Waals surface area contributed by atoms with Crippen LogP contribution in [0.25, 0.3) is 0 Å². The smallest absolute Gasteiger partial charge is 0.0845 e. The molecule has 0 fully saturated rings. The molecule has 0 aromatic heterocycles. The molecule has 0 spiro atoms. The first-order valence-electron chi connectivity index (χ1n) is 8.35. The van der Waals surface area contributed by atoms with Crippen LogP contribution < -0.4 is 5.01 Å². The Balaban J connectivity index is 1.79. The summed E-state index contributed by atoms with van der Waals surface area (Å²) in [6.07, 6.45) is 0.756. The van der Waals surface area contributed by atoms with E-state index in [1.807, 2.05) is 53.5 Å². The molecule has 3 aromatic carbocycles. The third-order valence-corrected chi connectivity index (χ3v) is 6.11. The summed E-state index contributed by atoms with van der Waals surface area (Å²) in [6.45, 7) is 0. The van der Waals surface area contributed by atoms with Gasteiger partial charge in [0.1, 0.15) is 0 Å². The summed E-state index contributed by atoms with van der Waals surface area (Å²) < 4.78 is 1.04. The fourth-order valence-corrected chi connectivity index (χ4v) is 3.94. The van der Waals surface area contributed by atoms with Crippen molar-refractivity contribution in [2.45, 2.75) is 12.5 Å². The van der Waals surface area contributed by atoms with Gasteiger partial charge in [-0.05, 0) is 47.5 Å². The van der Waals surface area contributed by atoms with Crippen LogP contribution in [-0.4, -0.2) is 5.71 Å². The molecule has 136 valence electrons. The molecule has 0 amide bonds. The normalized spacial score (nSPS) is 16.5. The summed E-state index contributed by atoms with van der Waals surface area (Å²) >= 11 is 22.3. The Morgan fingerprint density at radius 3 is 2.30 bits per heavy atom. The third kappa shape index (κ3) is 3.88. The van der Waals surface area contributed by atoms with E-state index < -0.39 is 0 Å². The van der Waals surface area contributed by atoms with E-state index in [-0.39, 0.29) is 6.04 Å². The second kappa shape index (κ2) is 7.84. The number of rotatable bonds is 3. The molecule has 0 aliphatic carbocycles. The maximum atomic E-state index is 6.50. The van der Waals surface area contributed by atoms with Crippen molar-refractivity contribution in [3.05, 3.63) is 97.4 Å². The minimum absolute atomic E-state index is 0.0275.